The number of fused-ring (bicyclic) bond motifs is 1. The second-order valence-electron chi connectivity index (χ2n) is 5.38. The van der Waals surface area contributed by atoms with Gasteiger partial charge in [0.2, 0.25) is 0 Å². The summed E-state index contributed by atoms with van der Waals surface area (Å²) in [4.78, 5) is 21.0. The van der Waals surface area contributed by atoms with Crippen molar-refractivity contribution in [1.82, 2.24) is 24.6 Å². The van der Waals surface area contributed by atoms with Crippen LogP contribution in [0.1, 0.15) is 32.5 Å². The summed E-state index contributed by atoms with van der Waals surface area (Å²) >= 11 is 0. The molecule has 6 nitrogen and oxygen atoms in total. The Kier molecular flexibility index (Phi) is 2.89. The molecule has 6 heteroatoms. The molecular weight excluding hydrogens is 242 g/mol. The smallest absolute Gasteiger partial charge is 0.279 e. The third-order valence-electron chi connectivity index (χ3n) is 3.89. The Morgan fingerprint density at radius 1 is 1.42 bits per heavy atom. The van der Waals surface area contributed by atoms with Crippen LogP contribution in [0.2, 0.25) is 0 Å². The molecule has 0 aromatic carbocycles. The molecule has 1 saturated heterocycles. The first kappa shape index (κ1) is 12.3. The molecule has 2 aromatic heterocycles. The highest BCUT2D eigenvalue weighted by atomic mass is 16.1. The van der Waals surface area contributed by atoms with Gasteiger partial charge in [-0.15, -0.1) is 0 Å². The van der Waals surface area contributed by atoms with Gasteiger partial charge in [-0.1, -0.05) is 6.92 Å². The van der Waals surface area contributed by atoms with Gasteiger partial charge in [-0.3, -0.25) is 14.4 Å². The van der Waals surface area contributed by atoms with E-state index in [0.717, 1.165) is 30.7 Å². The van der Waals surface area contributed by atoms with Crippen LogP contribution in [0.4, 0.5) is 0 Å². The lowest BCUT2D eigenvalue weighted by molar-refractivity contribution is 0.0663. The Hall–Kier alpha value is -1.69. The van der Waals surface area contributed by atoms with Crippen LogP contribution in [0.5, 0.6) is 0 Å². The fourth-order valence-electron chi connectivity index (χ4n) is 2.67. The average Bonchev–Trinajstić information content (AvgIpc) is 2.66. The van der Waals surface area contributed by atoms with Crippen molar-refractivity contribution < 1.29 is 0 Å². The van der Waals surface area contributed by atoms with Crippen LogP contribution >= 0.6 is 0 Å². The first-order valence-electron chi connectivity index (χ1n) is 6.80. The van der Waals surface area contributed by atoms with E-state index in [1.807, 2.05) is 4.68 Å². The molecule has 19 heavy (non-hydrogen) atoms. The van der Waals surface area contributed by atoms with Gasteiger partial charge in [0.15, 0.2) is 5.52 Å². The fraction of sp³-hybridized carbons (Fsp3) is 0.615. The number of H-pyrrole nitrogens is 1. The van der Waals surface area contributed by atoms with Gasteiger partial charge in [0.1, 0.15) is 5.52 Å². The Morgan fingerprint density at radius 2 is 2.16 bits per heavy atom. The van der Waals surface area contributed by atoms with Gasteiger partial charge in [0.25, 0.3) is 5.56 Å². The van der Waals surface area contributed by atoms with Crippen LogP contribution in [0, 0.1) is 0 Å². The van der Waals surface area contributed by atoms with Crippen molar-refractivity contribution in [1.29, 1.82) is 0 Å². The molecule has 1 aliphatic heterocycles. The van der Waals surface area contributed by atoms with Crippen molar-refractivity contribution >= 4 is 11.0 Å². The number of likely N-dealkylation sites (tertiary alicyclic amines) is 1. The molecule has 0 atom stereocenters. The van der Waals surface area contributed by atoms with E-state index in [1.165, 1.54) is 6.33 Å². The molecule has 0 aliphatic carbocycles. The minimum absolute atomic E-state index is 0.154. The largest absolute Gasteiger partial charge is 0.311 e. The van der Waals surface area contributed by atoms with E-state index in [0.29, 0.717) is 17.6 Å². The van der Waals surface area contributed by atoms with E-state index >= 15 is 0 Å². The van der Waals surface area contributed by atoms with E-state index in [1.54, 1.807) is 0 Å². The number of aromatic nitrogens is 4. The number of aryl methyl sites for hydroxylation is 1. The zero-order valence-electron chi connectivity index (χ0n) is 11.6. The highest BCUT2D eigenvalue weighted by Gasteiger charge is 2.32. The number of hydrogen-bond donors (Lipinski definition) is 1. The van der Waals surface area contributed by atoms with Crippen LogP contribution in [0.3, 0.4) is 0 Å². The van der Waals surface area contributed by atoms with Crippen molar-refractivity contribution in [3.63, 3.8) is 0 Å². The maximum Gasteiger partial charge on any atom is 0.279 e. The monoisotopic (exact) mass is 261 g/mol. The van der Waals surface area contributed by atoms with Crippen molar-refractivity contribution in [2.45, 2.75) is 39.3 Å². The van der Waals surface area contributed by atoms with E-state index in [2.05, 4.69) is 40.7 Å². The highest BCUT2D eigenvalue weighted by molar-refractivity contribution is 5.75. The Labute approximate surface area is 111 Å². The lowest BCUT2D eigenvalue weighted by Crippen LogP contribution is -2.51. The van der Waals surface area contributed by atoms with Gasteiger partial charge in [-0.2, -0.15) is 5.10 Å². The van der Waals surface area contributed by atoms with Crippen molar-refractivity contribution in [2.75, 3.05) is 13.1 Å². The van der Waals surface area contributed by atoms with E-state index < -0.39 is 0 Å². The summed E-state index contributed by atoms with van der Waals surface area (Å²) in [5.41, 5.74) is 2.12. The molecular formula is C13H19N5O. The van der Waals surface area contributed by atoms with Crippen molar-refractivity contribution in [3.8, 4) is 0 Å². The molecule has 0 amide bonds. The van der Waals surface area contributed by atoms with E-state index in [9.17, 15) is 4.79 Å². The molecule has 0 saturated carbocycles. The molecule has 1 N–H and O–H groups in total. The Morgan fingerprint density at radius 3 is 2.79 bits per heavy atom. The van der Waals surface area contributed by atoms with Gasteiger partial charge in [-0.25, -0.2) is 4.98 Å². The molecule has 0 spiro atoms. The quantitative estimate of drug-likeness (QED) is 0.893. The van der Waals surface area contributed by atoms with E-state index in [4.69, 9.17) is 0 Å². The molecule has 0 radical (unpaired) electrons. The summed E-state index contributed by atoms with van der Waals surface area (Å²) in [5.74, 6) is 0. The van der Waals surface area contributed by atoms with Gasteiger partial charge < -0.3 is 4.98 Å². The number of hydrogen-bond acceptors (Lipinski definition) is 4. The predicted octanol–water partition coefficient (Wildman–Crippen LogP) is 0.947. The molecule has 1 aliphatic rings. The molecule has 2 aromatic rings. The zero-order valence-corrected chi connectivity index (χ0v) is 11.6. The lowest BCUT2D eigenvalue weighted by atomic mass is 10.1. The van der Waals surface area contributed by atoms with Crippen LogP contribution < -0.4 is 5.56 Å². The Bertz CT molecular complexity index is 651. The lowest BCUT2D eigenvalue weighted by Gasteiger charge is -2.42. The summed E-state index contributed by atoms with van der Waals surface area (Å²) in [5, 5.41) is 4.48. The Balaban J connectivity index is 2.01. The number of nitrogens with one attached hydrogen (secondary N) is 1. The molecule has 102 valence electrons. The number of aromatic amines is 1. The molecule has 0 bridgehead atoms. The number of nitrogens with zero attached hydrogens (tertiary/aromatic N) is 4. The van der Waals surface area contributed by atoms with Gasteiger partial charge in [0, 0.05) is 19.1 Å². The minimum atomic E-state index is -0.154. The second kappa shape index (κ2) is 4.45. The van der Waals surface area contributed by atoms with Crippen molar-refractivity contribution in [3.05, 3.63) is 22.4 Å². The third-order valence-corrected chi connectivity index (χ3v) is 3.89. The maximum atomic E-state index is 11.8. The van der Waals surface area contributed by atoms with Gasteiger partial charge >= 0.3 is 0 Å². The predicted molar refractivity (Wildman–Crippen MR) is 73.3 cm³/mol. The topological polar surface area (TPSA) is 66.8 Å². The van der Waals surface area contributed by atoms with Gasteiger partial charge in [0.05, 0.1) is 18.1 Å². The zero-order chi connectivity index (χ0) is 13.6. The minimum Gasteiger partial charge on any atom is -0.311 e. The summed E-state index contributed by atoms with van der Waals surface area (Å²) < 4.78 is 2.01. The first-order valence-corrected chi connectivity index (χ1v) is 6.80. The second-order valence-corrected chi connectivity index (χ2v) is 5.38. The molecule has 3 rings (SSSR count). The fourth-order valence-corrected chi connectivity index (χ4v) is 2.67. The van der Waals surface area contributed by atoms with Crippen molar-refractivity contribution in [2.24, 2.45) is 0 Å². The van der Waals surface area contributed by atoms with Crippen LogP contribution in [-0.4, -0.2) is 43.8 Å². The average molecular weight is 261 g/mol. The SMILES string of the molecule is CCc1c2nc[nH]c(=O)c2nn1C1CN(C(C)C)C1. The normalized spacial score (nSPS) is 17.3. The summed E-state index contributed by atoms with van der Waals surface area (Å²) in [6, 6.07) is 0.929. The highest BCUT2D eigenvalue weighted by Crippen LogP contribution is 2.26. The third kappa shape index (κ3) is 1.87. The van der Waals surface area contributed by atoms with Crippen LogP contribution in [-0.2, 0) is 6.42 Å². The first-order chi connectivity index (χ1) is 9.11. The van der Waals surface area contributed by atoms with Gasteiger partial charge in [-0.05, 0) is 20.3 Å². The molecule has 3 heterocycles. The number of rotatable bonds is 3. The standard InChI is InChI=1S/C13H19N5O/c1-4-10-11-12(13(19)15-7-14-11)16-18(10)9-5-17(6-9)8(2)3/h7-9H,4-6H2,1-3H3,(H,14,15,19). The summed E-state index contributed by atoms with van der Waals surface area (Å²) in [6.07, 6.45) is 2.29. The van der Waals surface area contributed by atoms with Crippen LogP contribution in [0.15, 0.2) is 11.1 Å². The summed E-state index contributed by atoms with van der Waals surface area (Å²) in [7, 11) is 0. The summed E-state index contributed by atoms with van der Waals surface area (Å²) in [6.45, 7) is 8.47. The van der Waals surface area contributed by atoms with Crippen LogP contribution in [0.25, 0.3) is 11.0 Å². The van der Waals surface area contributed by atoms with E-state index in [-0.39, 0.29) is 5.56 Å². The maximum absolute atomic E-state index is 11.8. The molecule has 1 fully saturated rings. The molecule has 0 unspecified atom stereocenters.